The number of nitrogens with zero attached hydrogens (tertiary/aromatic N) is 1. The van der Waals surface area contributed by atoms with Crippen LogP contribution in [-0.2, 0) is 32.4 Å². The highest BCUT2D eigenvalue weighted by molar-refractivity contribution is 7.89. The smallest absolute Gasteiger partial charge is 0.486 e. The quantitative estimate of drug-likeness (QED) is 0.323. The summed E-state index contributed by atoms with van der Waals surface area (Å²) in [5.41, 5.74) is 0.966. The third kappa shape index (κ3) is 7.20. The van der Waals surface area contributed by atoms with Crippen molar-refractivity contribution in [2.24, 2.45) is 5.92 Å². The van der Waals surface area contributed by atoms with Gasteiger partial charge in [-0.3, -0.25) is 0 Å². The lowest BCUT2D eigenvalue weighted by Gasteiger charge is -2.32. The molecule has 208 valence electrons. The summed E-state index contributed by atoms with van der Waals surface area (Å²) in [5.74, 6) is 3.23. The minimum absolute atomic E-state index is 0.118. The second-order valence-corrected chi connectivity index (χ2v) is 13.3. The van der Waals surface area contributed by atoms with Gasteiger partial charge >= 0.3 is 7.12 Å². The Bertz CT molecular complexity index is 1110. The van der Waals surface area contributed by atoms with Crippen LogP contribution in [0.25, 0.3) is 0 Å². The Morgan fingerprint density at radius 1 is 0.842 bits per heavy atom. The van der Waals surface area contributed by atoms with Crippen LogP contribution in [0, 0.1) is 5.92 Å². The third-order valence-electron chi connectivity index (χ3n) is 7.74. The van der Waals surface area contributed by atoms with E-state index in [0.29, 0.717) is 6.42 Å². The molecule has 0 radical (unpaired) electrons. The maximum Gasteiger partial charge on any atom is 0.486 e. The van der Waals surface area contributed by atoms with Crippen LogP contribution in [0.3, 0.4) is 0 Å². The Morgan fingerprint density at radius 2 is 1.26 bits per heavy atom. The van der Waals surface area contributed by atoms with E-state index in [1.165, 1.54) is 0 Å². The maximum absolute atomic E-state index is 13.9. The zero-order valence-corrected chi connectivity index (χ0v) is 24.7. The van der Waals surface area contributed by atoms with Crippen molar-refractivity contribution in [3.05, 3.63) is 71.7 Å². The summed E-state index contributed by atoms with van der Waals surface area (Å²) in [6, 6.07) is 15.0. The average Bonchev–Trinajstić information content (AvgIpc) is 3.09. The molecule has 0 aliphatic carbocycles. The van der Waals surface area contributed by atoms with Crippen molar-refractivity contribution in [2.75, 3.05) is 14.2 Å². The fraction of sp³-hybridized carbons (Fsp3) is 0.517. The van der Waals surface area contributed by atoms with Crippen LogP contribution in [0.1, 0.15) is 59.1 Å². The fourth-order valence-corrected chi connectivity index (χ4v) is 6.02. The van der Waals surface area contributed by atoms with Crippen LogP contribution in [-0.4, -0.2) is 50.5 Å². The lowest BCUT2D eigenvalue weighted by Crippen LogP contribution is -2.41. The van der Waals surface area contributed by atoms with Gasteiger partial charge < -0.3 is 18.8 Å². The molecule has 1 aliphatic heterocycles. The van der Waals surface area contributed by atoms with E-state index >= 15 is 0 Å². The molecule has 0 saturated carbocycles. The molecular formula is C29H42BNO6S. The minimum atomic E-state index is -3.64. The van der Waals surface area contributed by atoms with E-state index in [4.69, 9.17) is 18.8 Å². The van der Waals surface area contributed by atoms with Gasteiger partial charge in [0.15, 0.2) is 0 Å². The summed E-state index contributed by atoms with van der Waals surface area (Å²) >= 11 is 0. The van der Waals surface area contributed by atoms with Crippen molar-refractivity contribution in [3.8, 4) is 11.5 Å². The Labute approximate surface area is 229 Å². The van der Waals surface area contributed by atoms with Crippen molar-refractivity contribution in [1.82, 2.24) is 4.31 Å². The molecule has 1 saturated heterocycles. The van der Waals surface area contributed by atoms with Gasteiger partial charge in [0.05, 0.1) is 30.7 Å². The monoisotopic (exact) mass is 543 g/mol. The SMILES string of the molecule is COc1ccc(CN(Cc2ccc(OC)cc2)S(=O)(=O)[C@H](C)[C@@H](C)C/C=C/B2OC(C)(C)C(C)(C)O2)cc1. The van der Waals surface area contributed by atoms with Crippen molar-refractivity contribution in [3.63, 3.8) is 0 Å². The number of allylic oxidation sites excluding steroid dienone is 1. The molecule has 0 amide bonds. The Balaban J connectivity index is 1.75. The average molecular weight is 544 g/mol. The van der Waals surface area contributed by atoms with Crippen LogP contribution < -0.4 is 9.47 Å². The highest BCUT2D eigenvalue weighted by atomic mass is 32.2. The van der Waals surface area contributed by atoms with Crippen LogP contribution in [0.4, 0.5) is 0 Å². The molecule has 1 fully saturated rings. The van der Waals surface area contributed by atoms with Gasteiger partial charge in [0.2, 0.25) is 10.0 Å². The molecule has 0 N–H and O–H groups in total. The van der Waals surface area contributed by atoms with Gasteiger partial charge in [0, 0.05) is 13.1 Å². The van der Waals surface area contributed by atoms with Gasteiger partial charge in [-0.05, 0) is 82.3 Å². The molecule has 38 heavy (non-hydrogen) atoms. The summed E-state index contributed by atoms with van der Waals surface area (Å²) in [4.78, 5) is 0. The van der Waals surface area contributed by atoms with E-state index in [2.05, 4.69) is 0 Å². The van der Waals surface area contributed by atoms with Gasteiger partial charge in [-0.25, -0.2) is 8.42 Å². The summed E-state index contributed by atoms with van der Waals surface area (Å²) in [6.07, 6.45) is 2.56. The van der Waals surface area contributed by atoms with E-state index in [-0.39, 0.29) is 19.0 Å². The highest BCUT2D eigenvalue weighted by Gasteiger charge is 2.50. The Kier molecular flexibility index (Phi) is 9.74. The predicted octanol–water partition coefficient (Wildman–Crippen LogP) is 5.64. The highest BCUT2D eigenvalue weighted by Crippen LogP contribution is 2.37. The molecule has 0 spiro atoms. The molecule has 2 aromatic carbocycles. The first kappa shape index (κ1) is 30.2. The van der Waals surface area contributed by atoms with Gasteiger partial charge in [0.1, 0.15) is 11.5 Å². The molecule has 7 nitrogen and oxygen atoms in total. The molecule has 0 unspecified atom stereocenters. The predicted molar refractivity (Wildman–Crippen MR) is 153 cm³/mol. The molecule has 3 rings (SSSR count). The van der Waals surface area contributed by atoms with E-state index in [0.717, 1.165) is 22.6 Å². The number of ether oxygens (including phenoxy) is 2. The molecule has 0 aromatic heterocycles. The lowest BCUT2D eigenvalue weighted by atomic mass is 9.88. The van der Waals surface area contributed by atoms with Crippen molar-refractivity contribution in [1.29, 1.82) is 0 Å². The number of rotatable bonds is 12. The molecule has 0 bridgehead atoms. The molecule has 2 atom stereocenters. The Morgan fingerprint density at radius 3 is 1.66 bits per heavy atom. The standard InChI is InChI=1S/C29H42BNO6S/c1-22(10-9-19-30-36-28(3,4)29(5,6)37-30)23(2)38(32,33)31(20-24-11-15-26(34-7)16-12-24)21-25-13-17-27(35-8)18-14-25/h9,11-19,22-23H,10,20-21H2,1-8H3/b19-9+/t22-,23+/m0/s1. The van der Waals surface area contributed by atoms with Crippen molar-refractivity contribution in [2.45, 2.75) is 77.5 Å². The number of hydrogen-bond donors (Lipinski definition) is 0. The van der Waals surface area contributed by atoms with Crippen LogP contribution in [0.5, 0.6) is 11.5 Å². The largest absolute Gasteiger partial charge is 0.497 e. The van der Waals surface area contributed by atoms with Crippen molar-refractivity contribution < 1.29 is 27.2 Å². The first-order valence-corrected chi connectivity index (χ1v) is 14.6. The topological polar surface area (TPSA) is 74.3 Å². The number of hydrogen-bond acceptors (Lipinski definition) is 6. The Hall–Kier alpha value is -2.33. The van der Waals surface area contributed by atoms with Crippen LogP contribution in [0.2, 0.25) is 0 Å². The fourth-order valence-electron chi connectivity index (χ4n) is 4.20. The molecule has 1 aliphatic rings. The number of sulfonamides is 1. The van der Waals surface area contributed by atoms with Crippen LogP contribution in [0.15, 0.2) is 60.6 Å². The summed E-state index contributed by atoms with van der Waals surface area (Å²) in [5, 5.41) is -0.595. The van der Waals surface area contributed by atoms with Gasteiger partial charge in [0.25, 0.3) is 0 Å². The van der Waals surface area contributed by atoms with Crippen LogP contribution >= 0.6 is 0 Å². The van der Waals surface area contributed by atoms with Crippen molar-refractivity contribution >= 4 is 17.1 Å². The summed E-state index contributed by atoms with van der Waals surface area (Å²) < 4.78 is 52.0. The van der Waals surface area contributed by atoms with Gasteiger partial charge in [-0.2, -0.15) is 4.31 Å². The first-order valence-electron chi connectivity index (χ1n) is 13.1. The zero-order valence-electron chi connectivity index (χ0n) is 23.9. The van der Waals surface area contributed by atoms with E-state index < -0.39 is 33.6 Å². The lowest BCUT2D eigenvalue weighted by molar-refractivity contribution is 0.00578. The van der Waals surface area contributed by atoms with Gasteiger partial charge in [-0.1, -0.05) is 43.2 Å². The first-order chi connectivity index (χ1) is 17.8. The molecule has 2 aromatic rings. The third-order valence-corrected chi connectivity index (χ3v) is 10.1. The molecule has 9 heteroatoms. The second kappa shape index (κ2) is 12.2. The minimum Gasteiger partial charge on any atom is -0.497 e. The van der Waals surface area contributed by atoms with E-state index in [1.807, 2.05) is 95.2 Å². The zero-order chi connectivity index (χ0) is 28.1. The number of benzene rings is 2. The summed E-state index contributed by atoms with van der Waals surface area (Å²) in [6.45, 7) is 12.3. The second-order valence-electron chi connectivity index (χ2n) is 11.0. The number of methoxy groups -OCH3 is 2. The molecular weight excluding hydrogens is 501 g/mol. The summed E-state index contributed by atoms with van der Waals surface area (Å²) in [7, 11) is -0.862. The maximum atomic E-state index is 13.9. The normalized spacial score (nSPS) is 18.6. The van der Waals surface area contributed by atoms with Gasteiger partial charge in [-0.15, -0.1) is 0 Å². The molecule has 1 heterocycles. The van der Waals surface area contributed by atoms with E-state index in [9.17, 15) is 8.42 Å². The van der Waals surface area contributed by atoms with E-state index in [1.54, 1.807) is 25.4 Å².